The van der Waals surface area contributed by atoms with Gasteiger partial charge in [0.25, 0.3) is 11.8 Å². The van der Waals surface area contributed by atoms with Gasteiger partial charge in [-0.3, -0.25) is 14.3 Å². The number of esters is 1. The van der Waals surface area contributed by atoms with Crippen molar-refractivity contribution in [2.24, 2.45) is 12.8 Å². The number of carbonyl (C=O) groups excluding carboxylic acids is 3. The number of hydrogen-bond donors (Lipinski definition) is 2. The third kappa shape index (κ3) is 3.13. The van der Waals surface area contributed by atoms with E-state index in [1.807, 2.05) is 0 Å². The topological polar surface area (TPSA) is 116 Å². The number of halogens is 1. The molecule has 23 heavy (non-hydrogen) atoms. The quantitative estimate of drug-likeness (QED) is 0.757. The summed E-state index contributed by atoms with van der Waals surface area (Å²) in [6.45, 7) is 1.57. The largest absolute Gasteiger partial charge is 0.465 e. The highest BCUT2D eigenvalue weighted by Gasteiger charge is 2.26. The zero-order valence-corrected chi connectivity index (χ0v) is 14.9. The van der Waals surface area contributed by atoms with Crippen LogP contribution in [-0.4, -0.2) is 34.7 Å². The Bertz CT molecular complexity index is 792. The first-order valence-electron chi connectivity index (χ1n) is 6.28. The second-order valence-electron chi connectivity index (χ2n) is 4.53. The third-order valence-corrected chi connectivity index (χ3v) is 4.90. The maximum atomic E-state index is 12.4. The molecule has 0 unspecified atom stereocenters. The molecule has 2 amide bonds. The van der Waals surface area contributed by atoms with Crippen LogP contribution in [0.25, 0.3) is 0 Å². The Morgan fingerprint density at radius 3 is 2.57 bits per heavy atom. The normalized spacial score (nSPS) is 10.4. The molecule has 3 N–H and O–H groups in total. The third-order valence-electron chi connectivity index (χ3n) is 3.10. The first kappa shape index (κ1) is 17.2. The Labute approximate surface area is 143 Å². The number of hydrogen-bond acceptors (Lipinski definition) is 6. The van der Waals surface area contributed by atoms with Gasteiger partial charge in [-0.25, -0.2) is 4.79 Å². The summed E-state index contributed by atoms with van der Waals surface area (Å²) in [4.78, 5) is 36.0. The van der Waals surface area contributed by atoms with Crippen molar-refractivity contribution in [3.8, 4) is 0 Å². The zero-order valence-electron chi connectivity index (χ0n) is 12.5. The van der Waals surface area contributed by atoms with Crippen LogP contribution in [-0.2, 0) is 11.8 Å². The molecule has 0 aliphatic heterocycles. The number of nitrogens with zero attached hydrogens (tertiary/aromatic N) is 2. The Morgan fingerprint density at radius 2 is 2.09 bits per heavy atom. The van der Waals surface area contributed by atoms with Gasteiger partial charge in [-0.15, -0.1) is 11.3 Å². The van der Waals surface area contributed by atoms with Crippen LogP contribution in [0.15, 0.2) is 10.7 Å². The lowest BCUT2D eigenvalue weighted by Crippen LogP contribution is -2.18. The molecular weight excluding hydrogens is 388 g/mol. The Balaban J connectivity index is 2.47. The minimum atomic E-state index is -0.681. The van der Waals surface area contributed by atoms with Crippen molar-refractivity contribution < 1.29 is 19.1 Å². The molecule has 0 aromatic carbocycles. The summed E-state index contributed by atoms with van der Waals surface area (Å²) in [5, 5.41) is 6.75. The van der Waals surface area contributed by atoms with Crippen LogP contribution in [0.5, 0.6) is 0 Å². The summed E-state index contributed by atoms with van der Waals surface area (Å²) in [5.41, 5.74) is 6.05. The van der Waals surface area contributed by atoms with Crippen molar-refractivity contribution in [1.82, 2.24) is 9.78 Å². The second-order valence-corrected chi connectivity index (χ2v) is 6.41. The van der Waals surface area contributed by atoms with Gasteiger partial charge in [-0.2, -0.15) is 5.10 Å². The molecule has 2 aromatic rings. The van der Waals surface area contributed by atoms with E-state index in [1.54, 1.807) is 14.0 Å². The van der Waals surface area contributed by atoms with Crippen LogP contribution in [0, 0.1) is 6.92 Å². The number of amides is 2. The molecule has 10 heteroatoms. The van der Waals surface area contributed by atoms with E-state index in [2.05, 4.69) is 26.3 Å². The molecule has 0 radical (unpaired) electrons. The van der Waals surface area contributed by atoms with Crippen molar-refractivity contribution in [3.05, 3.63) is 32.4 Å². The van der Waals surface area contributed by atoms with E-state index in [-0.39, 0.29) is 21.1 Å². The summed E-state index contributed by atoms with van der Waals surface area (Å²) in [6, 6.07) is 0. The van der Waals surface area contributed by atoms with E-state index in [4.69, 9.17) is 10.5 Å². The van der Waals surface area contributed by atoms with Gasteiger partial charge in [0.05, 0.1) is 28.2 Å². The number of aromatic nitrogens is 2. The summed E-state index contributed by atoms with van der Waals surface area (Å²) in [6.07, 6.45) is 1.48. The van der Waals surface area contributed by atoms with Crippen LogP contribution in [0.2, 0.25) is 0 Å². The number of carbonyl (C=O) groups is 3. The molecule has 0 aliphatic rings. The first-order chi connectivity index (χ1) is 10.8. The number of primary amides is 1. The van der Waals surface area contributed by atoms with Crippen molar-refractivity contribution in [3.63, 3.8) is 0 Å². The predicted octanol–water partition coefficient (Wildman–Crippen LogP) is 1.69. The van der Waals surface area contributed by atoms with Crippen LogP contribution in [0.1, 0.15) is 36.1 Å². The standard InChI is InChI=1S/C13H13BrN4O4S/c1-5-7(13(21)22-3)12(23-9(5)10(15)19)17-11(20)8-6(14)4-16-18(8)2/h4H,1-3H3,(H2,15,19)(H,17,20). The van der Waals surface area contributed by atoms with Gasteiger partial charge in [-0.1, -0.05) is 0 Å². The van der Waals surface area contributed by atoms with Gasteiger partial charge in [0.2, 0.25) is 0 Å². The van der Waals surface area contributed by atoms with Crippen LogP contribution >= 0.6 is 27.3 Å². The first-order valence-corrected chi connectivity index (χ1v) is 7.89. The predicted molar refractivity (Wildman–Crippen MR) is 87.8 cm³/mol. The number of aryl methyl sites for hydroxylation is 1. The SMILES string of the molecule is COC(=O)c1c(NC(=O)c2c(Br)cnn2C)sc(C(N)=O)c1C. The van der Waals surface area contributed by atoms with Gasteiger partial charge >= 0.3 is 5.97 Å². The molecule has 0 saturated carbocycles. The smallest absolute Gasteiger partial charge is 0.341 e. The highest BCUT2D eigenvalue weighted by molar-refractivity contribution is 9.10. The summed E-state index contributed by atoms with van der Waals surface area (Å²) < 4.78 is 6.59. The number of methoxy groups -OCH3 is 1. The fraction of sp³-hybridized carbons (Fsp3) is 0.231. The minimum absolute atomic E-state index is 0.109. The molecule has 0 atom stereocenters. The Kier molecular flexibility index (Phi) is 4.85. The molecule has 2 aromatic heterocycles. The van der Waals surface area contributed by atoms with Crippen molar-refractivity contribution >= 4 is 50.1 Å². The fourth-order valence-electron chi connectivity index (χ4n) is 2.01. The molecule has 0 saturated heterocycles. The van der Waals surface area contributed by atoms with Crippen LogP contribution in [0.4, 0.5) is 5.00 Å². The van der Waals surface area contributed by atoms with Crippen molar-refractivity contribution in [2.45, 2.75) is 6.92 Å². The summed E-state index contributed by atoms with van der Waals surface area (Å²) in [5.74, 6) is -1.83. The van der Waals surface area contributed by atoms with Gasteiger partial charge in [0.1, 0.15) is 10.7 Å². The molecule has 122 valence electrons. The average Bonchev–Trinajstić information content (AvgIpc) is 2.98. The Morgan fingerprint density at radius 1 is 1.43 bits per heavy atom. The van der Waals surface area contributed by atoms with E-state index in [0.29, 0.717) is 10.0 Å². The lowest BCUT2D eigenvalue weighted by atomic mass is 10.1. The fourth-order valence-corrected chi connectivity index (χ4v) is 3.58. The molecule has 8 nitrogen and oxygen atoms in total. The maximum absolute atomic E-state index is 12.4. The average molecular weight is 401 g/mol. The van der Waals surface area contributed by atoms with Crippen LogP contribution < -0.4 is 11.1 Å². The highest BCUT2D eigenvalue weighted by atomic mass is 79.9. The van der Waals surface area contributed by atoms with Gasteiger partial charge in [0, 0.05) is 7.05 Å². The van der Waals surface area contributed by atoms with Crippen molar-refractivity contribution in [2.75, 3.05) is 12.4 Å². The van der Waals surface area contributed by atoms with E-state index < -0.39 is 17.8 Å². The molecule has 0 spiro atoms. The number of nitrogens with one attached hydrogen (secondary N) is 1. The van der Waals surface area contributed by atoms with E-state index >= 15 is 0 Å². The Hall–Kier alpha value is -2.20. The van der Waals surface area contributed by atoms with Crippen LogP contribution in [0.3, 0.4) is 0 Å². The van der Waals surface area contributed by atoms with Gasteiger partial charge in [0.15, 0.2) is 0 Å². The minimum Gasteiger partial charge on any atom is -0.465 e. The lowest BCUT2D eigenvalue weighted by Gasteiger charge is -2.06. The molecule has 2 rings (SSSR count). The monoisotopic (exact) mass is 400 g/mol. The van der Waals surface area contributed by atoms with E-state index in [9.17, 15) is 14.4 Å². The number of nitrogens with two attached hydrogens (primary N) is 1. The molecule has 0 bridgehead atoms. The lowest BCUT2D eigenvalue weighted by molar-refractivity contribution is 0.0601. The number of anilines is 1. The maximum Gasteiger partial charge on any atom is 0.341 e. The summed E-state index contributed by atoms with van der Waals surface area (Å²) in [7, 11) is 2.82. The zero-order chi connectivity index (χ0) is 17.3. The molecule has 2 heterocycles. The van der Waals surface area contributed by atoms with Crippen molar-refractivity contribution in [1.29, 1.82) is 0 Å². The molecular formula is C13H13BrN4O4S. The van der Waals surface area contributed by atoms with Gasteiger partial charge < -0.3 is 15.8 Å². The van der Waals surface area contributed by atoms with Gasteiger partial charge in [-0.05, 0) is 28.4 Å². The second kappa shape index (κ2) is 6.50. The highest BCUT2D eigenvalue weighted by Crippen LogP contribution is 2.34. The number of ether oxygens (including phenoxy) is 1. The molecule has 0 aliphatic carbocycles. The number of rotatable bonds is 4. The summed E-state index contributed by atoms with van der Waals surface area (Å²) >= 11 is 4.15. The molecule has 0 fully saturated rings. The van der Waals surface area contributed by atoms with E-state index in [0.717, 1.165) is 11.3 Å². The van der Waals surface area contributed by atoms with E-state index in [1.165, 1.54) is 18.0 Å². The number of thiophene rings is 1.